The summed E-state index contributed by atoms with van der Waals surface area (Å²) in [6.45, 7) is 2.24. The standard InChI is InChI=1S/C62H85N25O13/c1-34(88)84-30-35(68-72-64)26-47(84)59(97)80-22-4-12-41(80)53(91)77-19-7-15-44(77)56(94)86-32-37(70-74-66)28-49(86)61(99)82-24-6-14-43(82)55(93)79-21-9-17-46(79)58(96)87-33-38(71-75-67)29-50(87)62(100)83-25-5-13-42(83)54(92)78-20-8-16-45(78)57(95)85-31-36(69-73-65)27-48(85)60(98)81-23-3-11-40(81)52(90)76-18-2-10-39(76)51(63)89/h35-50H,2-33H2,1H3,(H2,63,89)/t35-,36-,37-,38-,39-,40-,41-,42-,43-,44-,45-,46-,47-,48-,49-,50-/m0/s1. The topological polar surface area (TPSA) is 482 Å². The quantitative estimate of drug-likeness (QED) is 0.125. The summed E-state index contributed by atoms with van der Waals surface area (Å²) in [7, 11) is 0. The first-order valence-electron chi connectivity index (χ1n) is 35.3. The van der Waals surface area contributed by atoms with Crippen LogP contribution in [0, 0.1) is 0 Å². The zero-order valence-electron chi connectivity index (χ0n) is 56.0. The number of carbonyl (C=O) groups excluding carboxylic acids is 13. The molecule has 12 aliphatic heterocycles. The lowest BCUT2D eigenvalue weighted by Gasteiger charge is -2.38. The molecule has 0 bridgehead atoms. The van der Waals surface area contributed by atoms with E-state index >= 15 is 24.0 Å². The van der Waals surface area contributed by atoms with Crippen LogP contribution in [0.5, 0.6) is 0 Å². The van der Waals surface area contributed by atoms with E-state index in [-0.39, 0.29) is 136 Å². The van der Waals surface area contributed by atoms with Gasteiger partial charge in [0.25, 0.3) is 0 Å². The first-order valence-corrected chi connectivity index (χ1v) is 35.3. The zero-order chi connectivity index (χ0) is 71.0. The highest BCUT2D eigenvalue weighted by Crippen LogP contribution is 2.38. The number of amides is 13. The van der Waals surface area contributed by atoms with Gasteiger partial charge >= 0.3 is 0 Å². The Morgan fingerprint density at radius 2 is 0.440 bits per heavy atom. The Hall–Kier alpha value is -9.65. The van der Waals surface area contributed by atoms with Crippen molar-refractivity contribution in [3.63, 3.8) is 0 Å². The lowest BCUT2D eigenvalue weighted by molar-refractivity contribution is -0.156. The van der Waals surface area contributed by atoms with Crippen LogP contribution in [-0.4, -0.2) is 311 Å². The minimum absolute atomic E-state index is 0.0348. The molecule has 0 unspecified atom stereocenters. The number of rotatable bonds is 16. The third kappa shape index (κ3) is 13.2. The summed E-state index contributed by atoms with van der Waals surface area (Å²) in [4.78, 5) is 216. The Morgan fingerprint density at radius 3 is 0.640 bits per heavy atom. The molecular formula is C62H85N25O13. The SMILES string of the molecule is CC(=O)N1C[C@@H](N=[N+]=[N-])C[C@H]1C(=O)N1CCC[C@H]1C(=O)N1CCC[C@H]1C(=O)N1C[C@@H](N=[N+]=[N-])C[C@H]1C(=O)N1CCC[C@H]1C(=O)N1CCC[C@H]1C(=O)N1C[C@@H](N=[N+]=[N-])C[C@H]1C(=O)N1CCC[C@H]1C(=O)N1CCC[C@H]1C(=O)N1C[C@@H](N=[N+]=[N-])C[C@H]1C(=O)N1CCC[C@H]1C(=O)N1CCC[C@H]1C(N)=O. The van der Waals surface area contributed by atoms with E-state index in [1.165, 1.54) is 65.7 Å². The van der Waals surface area contributed by atoms with Gasteiger partial charge in [0.05, 0.1) is 24.2 Å². The van der Waals surface area contributed by atoms with E-state index in [0.717, 1.165) is 0 Å². The molecule has 12 fully saturated rings. The van der Waals surface area contributed by atoms with Gasteiger partial charge in [-0.1, -0.05) is 20.5 Å². The van der Waals surface area contributed by atoms with E-state index in [2.05, 4.69) is 40.1 Å². The molecule has 0 aromatic heterocycles. The van der Waals surface area contributed by atoms with Crippen molar-refractivity contribution in [1.29, 1.82) is 0 Å². The molecule has 38 nitrogen and oxygen atoms in total. The number of likely N-dealkylation sites (tertiary alicyclic amines) is 12. The molecule has 0 saturated carbocycles. The Labute approximate surface area is 574 Å². The summed E-state index contributed by atoms with van der Waals surface area (Å²) in [6, 6.07) is -15.8. The number of carbonyl (C=O) groups is 13. The number of nitrogens with two attached hydrogens (primary N) is 1. The molecule has 0 aromatic carbocycles. The van der Waals surface area contributed by atoms with Crippen molar-refractivity contribution in [3.8, 4) is 0 Å². The molecule has 0 radical (unpaired) electrons. The summed E-state index contributed by atoms with van der Waals surface area (Å²) < 4.78 is 0. The lowest BCUT2D eigenvalue weighted by atomic mass is 10.1. The van der Waals surface area contributed by atoms with Crippen LogP contribution in [0.4, 0.5) is 0 Å². The van der Waals surface area contributed by atoms with Crippen LogP contribution in [0.25, 0.3) is 41.8 Å². The van der Waals surface area contributed by atoms with Crippen LogP contribution < -0.4 is 5.73 Å². The smallest absolute Gasteiger partial charge is 0.246 e. The summed E-state index contributed by atoms with van der Waals surface area (Å²) >= 11 is 0. The van der Waals surface area contributed by atoms with Crippen LogP contribution in [0.1, 0.15) is 135 Å². The van der Waals surface area contributed by atoms with Gasteiger partial charge in [-0.2, -0.15) is 0 Å². The highest BCUT2D eigenvalue weighted by Gasteiger charge is 2.56. The van der Waals surface area contributed by atoms with Gasteiger partial charge in [-0.15, -0.1) is 0 Å². The first kappa shape index (κ1) is 70.2. The Balaban J connectivity index is 0.708. The molecule has 12 saturated heterocycles. The van der Waals surface area contributed by atoms with Crippen LogP contribution >= 0.6 is 0 Å². The van der Waals surface area contributed by atoms with Gasteiger partial charge in [-0.3, -0.25) is 62.3 Å². The largest absolute Gasteiger partial charge is 0.368 e. The molecule has 0 aliphatic carbocycles. The third-order valence-corrected chi connectivity index (χ3v) is 23.0. The minimum Gasteiger partial charge on any atom is -0.368 e. The second kappa shape index (κ2) is 29.7. The maximum Gasteiger partial charge on any atom is 0.246 e. The average molecular weight is 1390 g/mol. The molecule has 536 valence electrons. The normalized spacial score (nSPS) is 32.5. The van der Waals surface area contributed by atoms with Crippen LogP contribution in [0.3, 0.4) is 0 Å². The number of primary amides is 1. The number of nitrogens with zero attached hydrogens (tertiary/aromatic N) is 24. The van der Waals surface area contributed by atoms with Gasteiger partial charge in [-0.05, 0) is 151 Å². The second-order valence-electron chi connectivity index (χ2n) is 28.5. The molecule has 13 amide bonds. The predicted octanol–water partition coefficient (Wildman–Crippen LogP) is 0.539. The van der Waals surface area contributed by atoms with E-state index in [9.17, 15) is 54.9 Å². The van der Waals surface area contributed by atoms with Crippen LogP contribution in [0.15, 0.2) is 20.5 Å². The molecule has 0 spiro atoms. The van der Waals surface area contributed by atoms with Gasteiger partial charge in [0.1, 0.15) is 72.5 Å². The Morgan fingerprint density at radius 1 is 0.270 bits per heavy atom. The molecule has 12 aliphatic rings. The highest BCUT2D eigenvalue weighted by atomic mass is 16.2. The van der Waals surface area contributed by atoms with Crippen LogP contribution in [-0.2, 0) is 62.3 Å². The highest BCUT2D eigenvalue weighted by molar-refractivity contribution is 6.01. The molecule has 100 heavy (non-hydrogen) atoms. The lowest BCUT2D eigenvalue weighted by Crippen LogP contribution is -2.59. The number of hydrogen-bond donors (Lipinski definition) is 1. The second-order valence-corrected chi connectivity index (χ2v) is 28.5. The van der Waals surface area contributed by atoms with Gasteiger partial charge in [-0.25, -0.2) is 0 Å². The van der Waals surface area contributed by atoms with Gasteiger partial charge in [0, 0.05) is 105 Å². The van der Waals surface area contributed by atoms with Gasteiger partial charge in [0.15, 0.2) is 0 Å². The van der Waals surface area contributed by atoms with E-state index in [1.807, 2.05) is 0 Å². The Kier molecular flexibility index (Phi) is 20.8. The zero-order valence-corrected chi connectivity index (χ0v) is 56.0. The van der Waals surface area contributed by atoms with Crippen molar-refractivity contribution >= 4 is 76.8 Å². The summed E-state index contributed by atoms with van der Waals surface area (Å²) in [5.41, 5.74) is 43.5. The number of azide groups is 4. The molecular weight excluding hydrogens is 1300 g/mol. The third-order valence-electron chi connectivity index (χ3n) is 23.0. The molecule has 12 rings (SSSR count). The van der Waals surface area contributed by atoms with Crippen molar-refractivity contribution in [3.05, 3.63) is 41.8 Å². The Bertz CT molecular complexity index is 3570. The fourth-order valence-electron chi connectivity index (χ4n) is 18.3. The summed E-state index contributed by atoms with van der Waals surface area (Å²) in [5, 5.41) is 15.4. The van der Waals surface area contributed by atoms with E-state index in [0.29, 0.717) is 77.2 Å². The maximum atomic E-state index is 15.2. The maximum absolute atomic E-state index is 15.2. The van der Waals surface area contributed by atoms with Gasteiger partial charge in [0.2, 0.25) is 76.8 Å². The van der Waals surface area contributed by atoms with E-state index in [4.69, 9.17) is 11.3 Å². The number of hydrogen-bond acceptors (Lipinski definition) is 17. The summed E-state index contributed by atoms with van der Waals surface area (Å²) in [6.07, 6.45) is 5.42. The minimum atomic E-state index is -1.24. The monoisotopic (exact) mass is 1390 g/mol. The van der Waals surface area contributed by atoms with E-state index in [1.54, 1.807) is 0 Å². The molecule has 16 atom stereocenters. The van der Waals surface area contributed by atoms with Crippen molar-refractivity contribution in [2.45, 2.75) is 232 Å². The van der Waals surface area contributed by atoms with Crippen molar-refractivity contribution in [2.24, 2.45) is 26.2 Å². The van der Waals surface area contributed by atoms with Crippen LogP contribution in [0.2, 0.25) is 0 Å². The van der Waals surface area contributed by atoms with E-state index < -0.39 is 168 Å². The molecule has 12 heterocycles. The predicted molar refractivity (Wildman–Crippen MR) is 345 cm³/mol. The van der Waals surface area contributed by atoms with Crippen molar-refractivity contribution in [2.75, 3.05) is 78.5 Å². The summed E-state index contributed by atoms with van der Waals surface area (Å²) in [5.74, 6) is -6.88. The molecule has 2 N–H and O–H groups in total. The molecule has 0 aromatic rings. The molecule has 38 heteroatoms. The van der Waals surface area contributed by atoms with Gasteiger partial charge < -0.3 is 64.5 Å². The van der Waals surface area contributed by atoms with Crippen molar-refractivity contribution < 1.29 is 62.3 Å². The average Bonchev–Trinajstić information content (AvgIpc) is 1.62. The van der Waals surface area contributed by atoms with Crippen molar-refractivity contribution in [1.82, 2.24) is 58.8 Å². The first-order chi connectivity index (χ1) is 48.2. The fraction of sp³-hybridized carbons (Fsp3) is 0.790. The fourth-order valence-corrected chi connectivity index (χ4v) is 18.3.